The molecule has 0 saturated carbocycles. The quantitative estimate of drug-likeness (QED) is 0.527. The first kappa shape index (κ1) is 24.6. The number of carbonyl (C=O) groups is 4. The Morgan fingerprint density at radius 2 is 1.56 bits per heavy atom. The zero-order valence-corrected chi connectivity index (χ0v) is 18.5. The summed E-state index contributed by atoms with van der Waals surface area (Å²) < 4.78 is 5.32. The molecule has 2 aromatic rings. The van der Waals surface area contributed by atoms with Crippen LogP contribution in [0.3, 0.4) is 0 Å². The molecule has 0 aliphatic heterocycles. The maximum Gasteiger partial charge on any atom is 0.347 e. The Bertz CT molecular complexity index is 1060. The van der Waals surface area contributed by atoms with Crippen molar-refractivity contribution >= 4 is 35.3 Å². The molecule has 2 rings (SSSR count). The van der Waals surface area contributed by atoms with E-state index >= 15 is 0 Å². The summed E-state index contributed by atoms with van der Waals surface area (Å²) in [6, 6.07) is 15.9. The number of rotatable bonds is 5. The molecule has 9 heteroatoms. The number of hydrogen-bond donors (Lipinski definition) is 2. The van der Waals surface area contributed by atoms with Gasteiger partial charge in [-0.1, -0.05) is 41.9 Å². The predicted molar refractivity (Wildman–Crippen MR) is 116 cm³/mol. The van der Waals surface area contributed by atoms with Crippen molar-refractivity contribution < 1.29 is 23.9 Å². The van der Waals surface area contributed by atoms with Gasteiger partial charge in [-0.05, 0) is 50.6 Å². The van der Waals surface area contributed by atoms with E-state index in [4.69, 9.17) is 16.3 Å². The summed E-state index contributed by atoms with van der Waals surface area (Å²) in [5.41, 5.74) is -2.49. The molecule has 166 valence electrons. The molecule has 2 N–H and O–H groups in total. The molecular weight excluding hydrogens is 434 g/mol. The summed E-state index contributed by atoms with van der Waals surface area (Å²) in [7, 11) is 0. The molecule has 0 bridgehead atoms. The molecule has 1 unspecified atom stereocenters. The monoisotopic (exact) mass is 455 g/mol. The third kappa shape index (κ3) is 6.65. The van der Waals surface area contributed by atoms with Crippen LogP contribution in [0.1, 0.15) is 36.7 Å². The van der Waals surface area contributed by atoms with Crippen LogP contribution < -0.4 is 10.6 Å². The lowest BCUT2D eigenvalue weighted by Gasteiger charge is -2.29. The lowest BCUT2D eigenvalue weighted by Crippen LogP contribution is -2.60. The van der Waals surface area contributed by atoms with Crippen molar-refractivity contribution in [3.05, 3.63) is 70.7 Å². The Morgan fingerprint density at radius 1 is 0.969 bits per heavy atom. The molecule has 0 radical (unpaired) electrons. The number of nitriles is 1. The second-order valence-electron chi connectivity index (χ2n) is 7.93. The highest BCUT2D eigenvalue weighted by Gasteiger charge is 2.45. The van der Waals surface area contributed by atoms with Crippen molar-refractivity contribution in [2.75, 3.05) is 0 Å². The smallest absolute Gasteiger partial charge is 0.347 e. The summed E-state index contributed by atoms with van der Waals surface area (Å²) in [6.07, 6.45) is -0.247. The topological polar surface area (TPSA) is 125 Å². The van der Waals surface area contributed by atoms with Crippen molar-refractivity contribution in [2.24, 2.45) is 0 Å². The maximum absolute atomic E-state index is 12.9. The molecule has 0 aliphatic carbocycles. The highest BCUT2D eigenvalue weighted by atomic mass is 35.5. The number of halogens is 1. The van der Waals surface area contributed by atoms with Gasteiger partial charge >= 0.3 is 17.8 Å². The highest BCUT2D eigenvalue weighted by molar-refractivity contribution is 6.39. The molecular formula is C23H22ClN3O5. The molecule has 0 aromatic heterocycles. The summed E-state index contributed by atoms with van der Waals surface area (Å²) in [4.78, 5) is 49.9. The minimum atomic E-state index is -2.19. The first-order valence-electron chi connectivity index (χ1n) is 9.58. The Balaban J connectivity index is 2.25. The molecule has 8 nitrogen and oxygen atoms in total. The molecule has 0 spiro atoms. The molecule has 1 atom stereocenters. The zero-order valence-electron chi connectivity index (χ0n) is 17.8. The Kier molecular flexibility index (Phi) is 7.73. The number of benzene rings is 2. The largest absolute Gasteiger partial charge is 0.457 e. The van der Waals surface area contributed by atoms with Gasteiger partial charge in [-0.25, -0.2) is 4.79 Å². The van der Waals surface area contributed by atoms with E-state index in [0.29, 0.717) is 10.6 Å². The van der Waals surface area contributed by atoms with E-state index < -0.39 is 34.8 Å². The minimum absolute atomic E-state index is 0.0959. The molecule has 32 heavy (non-hydrogen) atoms. The standard InChI is InChI=1S/C23H22ClN3O5/c1-22(2,3)32-21(31)23(14-25,13-15-7-5-4-6-8-15)27-20(30)19(29)26-18(28)16-9-11-17(24)12-10-16/h4-12H,13H2,1-3H3,(H,27,30)(H,26,28,29). The number of esters is 1. The van der Waals surface area contributed by atoms with Crippen LogP contribution in [0, 0.1) is 11.3 Å². The SMILES string of the molecule is CC(C)(C)OC(=O)C(C#N)(Cc1ccccc1)NC(=O)C(=O)NC(=O)c1ccc(Cl)cc1. The van der Waals surface area contributed by atoms with Crippen LogP contribution in [0.4, 0.5) is 0 Å². The van der Waals surface area contributed by atoms with E-state index in [-0.39, 0.29) is 12.0 Å². The van der Waals surface area contributed by atoms with Crippen molar-refractivity contribution in [3.8, 4) is 6.07 Å². The second kappa shape index (κ2) is 10.1. The van der Waals surface area contributed by atoms with Gasteiger partial charge in [0, 0.05) is 17.0 Å². The van der Waals surface area contributed by atoms with E-state index in [9.17, 15) is 24.4 Å². The van der Waals surface area contributed by atoms with Gasteiger partial charge in [0.05, 0.1) is 0 Å². The fourth-order valence-corrected chi connectivity index (χ4v) is 2.76. The summed E-state index contributed by atoms with van der Waals surface area (Å²) in [5, 5.41) is 14.3. The van der Waals surface area contributed by atoms with Crippen LogP contribution in [-0.4, -0.2) is 34.8 Å². The minimum Gasteiger partial charge on any atom is -0.457 e. The lowest BCUT2D eigenvalue weighted by atomic mass is 9.91. The van der Waals surface area contributed by atoms with Crippen LogP contribution in [0.2, 0.25) is 5.02 Å². The number of amides is 3. The van der Waals surface area contributed by atoms with Crippen molar-refractivity contribution in [3.63, 3.8) is 0 Å². The average molecular weight is 456 g/mol. The number of carbonyl (C=O) groups excluding carboxylic acids is 4. The fourth-order valence-electron chi connectivity index (χ4n) is 2.63. The number of imide groups is 1. The lowest BCUT2D eigenvalue weighted by molar-refractivity contribution is -0.162. The first-order valence-corrected chi connectivity index (χ1v) is 9.95. The van der Waals surface area contributed by atoms with Crippen LogP contribution in [0.15, 0.2) is 54.6 Å². The van der Waals surface area contributed by atoms with Crippen LogP contribution in [0.5, 0.6) is 0 Å². The summed E-state index contributed by atoms with van der Waals surface area (Å²) in [5.74, 6) is -4.54. The first-order chi connectivity index (χ1) is 15.0. The van der Waals surface area contributed by atoms with Gasteiger partial charge in [-0.15, -0.1) is 0 Å². The third-order valence-corrected chi connectivity index (χ3v) is 4.37. The van der Waals surface area contributed by atoms with E-state index in [2.05, 4.69) is 5.32 Å². The van der Waals surface area contributed by atoms with E-state index in [1.165, 1.54) is 24.3 Å². The fraction of sp³-hybridized carbons (Fsp3) is 0.261. The average Bonchev–Trinajstić information content (AvgIpc) is 2.73. The normalized spacial score (nSPS) is 12.6. The van der Waals surface area contributed by atoms with Crippen LogP contribution >= 0.6 is 11.6 Å². The molecule has 0 fully saturated rings. The van der Waals surface area contributed by atoms with Crippen molar-refractivity contribution in [2.45, 2.75) is 38.3 Å². The van der Waals surface area contributed by atoms with Crippen LogP contribution in [-0.2, 0) is 25.5 Å². The second-order valence-corrected chi connectivity index (χ2v) is 8.36. The van der Waals surface area contributed by atoms with Crippen LogP contribution in [0.25, 0.3) is 0 Å². The number of nitrogens with one attached hydrogen (secondary N) is 2. The molecule has 3 amide bonds. The van der Waals surface area contributed by atoms with Gasteiger partial charge in [0.15, 0.2) is 0 Å². The van der Waals surface area contributed by atoms with Gasteiger partial charge in [0.25, 0.3) is 5.91 Å². The van der Waals surface area contributed by atoms with Crippen molar-refractivity contribution in [1.29, 1.82) is 5.26 Å². The highest BCUT2D eigenvalue weighted by Crippen LogP contribution is 2.19. The number of ether oxygens (including phenoxy) is 1. The van der Waals surface area contributed by atoms with Gasteiger partial charge in [-0.3, -0.25) is 19.7 Å². The third-order valence-electron chi connectivity index (χ3n) is 4.12. The molecule has 0 aliphatic rings. The Morgan fingerprint density at radius 3 is 2.09 bits per heavy atom. The van der Waals surface area contributed by atoms with Crippen molar-refractivity contribution in [1.82, 2.24) is 10.6 Å². The summed E-state index contributed by atoms with van der Waals surface area (Å²) in [6.45, 7) is 4.82. The van der Waals surface area contributed by atoms with E-state index in [1.807, 2.05) is 5.32 Å². The zero-order chi connectivity index (χ0) is 23.9. The van der Waals surface area contributed by atoms with Gasteiger partial charge in [-0.2, -0.15) is 5.26 Å². The van der Waals surface area contributed by atoms with E-state index in [1.54, 1.807) is 57.2 Å². The summed E-state index contributed by atoms with van der Waals surface area (Å²) >= 11 is 5.77. The predicted octanol–water partition coefficient (Wildman–Crippen LogP) is 2.56. The molecule has 0 heterocycles. The Hall–Kier alpha value is -3.70. The number of nitrogens with zero attached hydrogens (tertiary/aromatic N) is 1. The van der Waals surface area contributed by atoms with Gasteiger partial charge in [0.1, 0.15) is 11.7 Å². The number of hydrogen-bond acceptors (Lipinski definition) is 6. The maximum atomic E-state index is 12.9. The van der Waals surface area contributed by atoms with E-state index in [0.717, 1.165) is 0 Å². The molecule has 2 aromatic carbocycles. The molecule has 0 saturated heterocycles. The van der Waals surface area contributed by atoms with Gasteiger partial charge in [0.2, 0.25) is 5.54 Å². The Labute approximate surface area is 190 Å². The van der Waals surface area contributed by atoms with Gasteiger partial charge < -0.3 is 10.1 Å².